The third kappa shape index (κ3) is 4.44. The summed E-state index contributed by atoms with van der Waals surface area (Å²) in [7, 11) is 0. The van der Waals surface area contributed by atoms with Crippen LogP contribution in [0, 0.1) is 0 Å². The Morgan fingerprint density at radius 3 is 2.97 bits per heavy atom. The molecule has 4 heterocycles. The summed E-state index contributed by atoms with van der Waals surface area (Å²) in [5, 5.41) is 9.15. The lowest BCUT2D eigenvalue weighted by Crippen LogP contribution is -2.45. The zero-order valence-corrected chi connectivity index (χ0v) is 17.8. The molecule has 8 heteroatoms. The van der Waals surface area contributed by atoms with Gasteiger partial charge in [0.2, 0.25) is 0 Å². The Kier molecular flexibility index (Phi) is 5.88. The summed E-state index contributed by atoms with van der Waals surface area (Å²) < 4.78 is 1.67. The lowest BCUT2D eigenvalue weighted by Gasteiger charge is -2.36. The highest BCUT2D eigenvalue weighted by atomic mass is 16.1. The van der Waals surface area contributed by atoms with Gasteiger partial charge < -0.3 is 5.32 Å². The molecule has 2 aliphatic rings. The van der Waals surface area contributed by atoms with E-state index in [1.807, 2.05) is 18.2 Å². The number of fused-ring (bicyclic) bond motifs is 2. The van der Waals surface area contributed by atoms with Gasteiger partial charge in [0.15, 0.2) is 5.65 Å². The van der Waals surface area contributed by atoms with Gasteiger partial charge in [-0.2, -0.15) is 5.10 Å². The normalized spacial score (nSPS) is 19.3. The second-order valence-electron chi connectivity index (χ2n) is 8.55. The van der Waals surface area contributed by atoms with Gasteiger partial charge >= 0.3 is 0 Å². The summed E-state index contributed by atoms with van der Waals surface area (Å²) in [5.74, 6) is 0.830. The smallest absolute Gasteiger partial charge is 0.267 e. The SMILES string of the molecule is O=c1cc2c(nn1CCN1CCCCC1CNc1ncnc3ncccc13)CCCC2. The number of piperidine rings is 1. The number of pyridine rings is 1. The maximum Gasteiger partial charge on any atom is 0.267 e. The summed E-state index contributed by atoms with van der Waals surface area (Å²) in [6.07, 6.45) is 11.2. The molecule has 0 radical (unpaired) electrons. The summed E-state index contributed by atoms with van der Waals surface area (Å²) in [4.78, 5) is 28.0. The summed E-state index contributed by atoms with van der Waals surface area (Å²) in [6, 6.07) is 6.12. The molecular formula is C23H29N7O. The van der Waals surface area contributed by atoms with Crippen molar-refractivity contribution in [1.29, 1.82) is 0 Å². The number of rotatable bonds is 6. The molecule has 1 aliphatic heterocycles. The molecule has 0 spiro atoms. The highest BCUT2D eigenvalue weighted by molar-refractivity contribution is 5.85. The fourth-order valence-corrected chi connectivity index (χ4v) is 4.82. The van der Waals surface area contributed by atoms with E-state index < -0.39 is 0 Å². The van der Waals surface area contributed by atoms with Crippen LogP contribution < -0.4 is 10.9 Å². The van der Waals surface area contributed by atoms with Crippen LogP contribution in [0.3, 0.4) is 0 Å². The molecule has 1 N–H and O–H groups in total. The number of nitrogens with one attached hydrogen (secondary N) is 1. The van der Waals surface area contributed by atoms with Crippen LogP contribution in [0.5, 0.6) is 0 Å². The van der Waals surface area contributed by atoms with Gasteiger partial charge in [-0.25, -0.2) is 19.6 Å². The first-order valence-corrected chi connectivity index (χ1v) is 11.4. The third-order valence-corrected chi connectivity index (χ3v) is 6.54. The summed E-state index contributed by atoms with van der Waals surface area (Å²) in [6.45, 7) is 3.35. The monoisotopic (exact) mass is 419 g/mol. The van der Waals surface area contributed by atoms with Gasteiger partial charge in [-0.1, -0.05) is 6.42 Å². The number of anilines is 1. The van der Waals surface area contributed by atoms with E-state index in [2.05, 4.69) is 30.3 Å². The Morgan fingerprint density at radius 1 is 1.06 bits per heavy atom. The largest absolute Gasteiger partial charge is 0.368 e. The van der Waals surface area contributed by atoms with Crippen molar-refractivity contribution in [3.8, 4) is 0 Å². The lowest BCUT2D eigenvalue weighted by molar-refractivity contribution is 0.147. The molecule has 1 fully saturated rings. The van der Waals surface area contributed by atoms with E-state index in [0.717, 1.165) is 67.8 Å². The zero-order chi connectivity index (χ0) is 21.0. The topological polar surface area (TPSA) is 88.8 Å². The Hall–Kier alpha value is -2.87. The second-order valence-corrected chi connectivity index (χ2v) is 8.55. The van der Waals surface area contributed by atoms with Crippen molar-refractivity contribution in [2.45, 2.75) is 57.5 Å². The van der Waals surface area contributed by atoms with E-state index in [0.29, 0.717) is 18.2 Å². The van der Waals surface area contributed by atoms with E-state index in [1.165, 1.54) is 19.3 Å². The van der Waals surface area contributed by atoms with Crippen molar-refractivity contribution in [3.05, 3.63) is 52.3 Å². The van der Waals surface area contributed by atoms with Crippen molar-refractivity contribution in [2.24, 2.45) is 0 Å². The van der Waals surface area contributed by atoms with Crippen LogP contribution in [0.2, 0.25) is 0 Å². The molecule has 31 heavy (non-hydrogen) atoms. The molecule has 0 saturated carbocycles. The third-order valence-electron chi connectivity index (χ3n) is 6.54. The number of nitrogens with zero attached hydrogens (tertiary/aromatic N) is 6. The van der Waals surface area contributed by atoms with Crippen LogP contribution in [0.4, 0.5) is 5.82 Å². The number of aromatic nitrogens is 5. The van der Waals surface area contributed by atoms with Crippen LogP contribution in [-0.2, 0) is 19.4 Å². The second kappa shape index (κ2) is 9.09. The van der Waals surface area contributed by atoms with E-state index in [-0.39, 0.29) is 5.56 Å². The Morgan fingerprint density at radius 2 is 2.00 bits per heavy atom. The molecule has 3 aromatic heterocycles. The average molecular weight is 420 g/mol. The van der Waals surface area contributed by atoms with E-state index in [4.69, 9.17) is 0 Å². The first-order valence-electron chi connectivity index (χ1n) is 11.4. The molecule has 1 atom stereocenters. The Balaban J connectivity index is 1.25. The molecule has 0 aromatic carbocycles. The Bertz CT molecular complexity index is 1110. The summed E-state index contributed by atoms with van der Waals surface area (Å²) in [5.41, 5.74) is 3.01. The molecule has 3 aromatic rings. The first kappa shape index (κ1) is 20.1. The van der Waals surface area contributed by atoms with Crippen LogP contribution in [0.1, 0.15) is 43.4 Å². The number of hydrogen-bond donors (Lipinski definition) is 1. The lowest BCUT2D eigenvalue weighted by atomic mass is 9.97. The van der Waals surface area contributed by atoms with Gasteiger partial charge in [0, 0.05) is 31.4 Å². The van der Waals surface area contributed by atoms with Crippen LogP contribution in [0.25, 0.3) is 11.0 Å². The fourth-order valence-electron chi connectivity index (χ4n) is 4.82. The average Bonchev–Trinajstić information content (AvgIpc) is 2.82. The van der Waals surface area contributed by atoms with E-state index >= 15 is 0 Å². The van der Waals surface area contributed by atoms with Crippen LogP contribution >= 0.6 is 0 Å². The molecule has 5 rings (SSSR count). The van der Waals surface area contributed by atoms with Crippen LogP contribution in [-0.4, -0.2) is 55.3 Å². The van der Waals surface area contributed by atoms with Gasteiger partial charge in [-0.15, -0.1) is 0 Å². The van der Waals surface area contributed by atoms with Crippen molar-refractivity contribution >= 4 is 16.9 Å². The van der Waals surface area contributed by atoms with Crippen molar-refractivity contribution in [1.82, 2.24) is 29.6 Å². The highest BCUT2D eigenvalue weighted by Gasteiger charge is 2.23. The molecule has 1 saturated heterocycles. The van der Waals surface area contributed by atoms with Gasteiger partial charge in [0.1, 0.15) is 12.1 Å². The quantitative estimate of drug-likeness (QED) is 0.656. The molecule has 8 nitrogen and oxygen atoms in total. The number of hydrogen-bond acceptors (Lipinski definition) is 7. The predicted molar refractivity (Wildman–Crippen MR) is 120 cm³/mol. The standard InChI is InChI=1S/C23H29N7O/c31-21-14-17-6-1-2-9-20(17)28-30(21)13-12-29-11-4-3-7-18(29)15-25-23-19-8-5-10-24-22(19)26-16-27-23/h5,8,10,14,16,18H,1-4,6-7,9,11-13,15H2,(H,24,25,26,27). The van der Waals surface area contributed by atoms with E-state index in [1.54, 1.807) is 17.2 Å². The maximum atomic E-state index is 12.5. The van der Waals surface area contributed by atoms with Crippen molar-refractivity contribution in [2.75, 3.05) is 25.0 Å². The first-order chi connectivity index (χ1) is 15.3. The number of likely N-dealkylation sites (tertiary alicyclic amines) is 1. The Labute approximate surface area is 181 Å². The van der Waals surface area contributed by atoms with Gasteiger partial charge in [-0.3, -0.25) is 9.69 Å². The van der Waals surface area contributed by atoms with Crippen molar-refractivity contribution in [3.63, 3.8) is 0 Å². The highest BCUT2D eigenvalue weighted by Crippen LogP contribution is 2.21. The van der Waals surface area contributed by atoms with Gasteiger partial charge in [-0.05, 0) is 62.8 Å². The molecule has 0 amide bonds. The molecule has 162 valence electrons. The maximum absolute atomic E-state index is 12.5. The summed E-state index contributed by atoms with van der Waals surface area (Å²) >= 11 is 0. The minimum absolute atomic E-state index is 0.0345. The van der Waals surface area contributed by atoms with Gasteiger partial charge in [0.25, 0.3) is 5.56 Å². The minimum atomic E-state index is 0.0345. The predicted octanol–water partition coefficient (Wildman–Crippen LogP) is 2.43. The fraction of sp³-hybridized carbons (Fsp3) is 0.522. The molecular weight excluding hydrogens is 390 g/mol. The molecule has 1 aliphatic carbocycles. The zero-order valence-electron chi connectivity index (χ0n) is 17.8. The van der Waals surface area contributed by atoms with Crippen molar-refractivity contribution < 1.29 is 0 Å². The molecule has 1 unspecified atom stereocenters. The van der Waals surface area contributed by atoms with Crippen LogP contribution in [0.15, 0.2) is 35.5 Å². The number of aryl methyl sites for hydroxylation is 2. The molecule has 0 bridgehead atoms. The van der Waals surface area contributed by atoms with Gasteiger partial charge in [0.05, 0.1) is 17.6 Å². The minimum Gasteiger partial charge on any atom is -0.368 e. The van der Waals surface area contributed by atoms with E-state index in [9.17, 15) is 4.79 Å².